The Morgan fingerprint density at radius 1 is 1.22 bits per heavy atom. The molecule has 0 aliphatic rings. The van der Waals surface area contributed by atoms with Gasteiger partial charge in [-0.15, -0.1) is 0 Å². The number of hydrogen-bond donors (Lipinski definition) is 1. The van der Waals surface area contributed by atoms with Crippen molar-refractivity contribution in [2.24, 2.45) is 0 Å². The van der Waals surface area contributed by atoms with Crippen molar-refractivity contribution in [3.63, 3.8) is 0 Å². The highest BCUT2D eigenvalue weighted by Gasteiger charge is 1.98. The molecule has 1 N–H and O–H groups in total. The van der Waals surface area contributed by atoms with E-state index in [4.69, 9.17) is 0 Å². The molecule has 0 fully saturated rings. The molecule has 0 unspecified atom stereocenters. The van der Waals surface area contributed by atoms with Gasteiger partial charge in [0.15, 0.2) is 0 Å². The van der Waals surface area contributed by atoms with Crippen LogP contribution in [0.3, 0.4) is 0 Å². The summed E-state index contributed by atoms with van der Waals surface area (Å²) in [5.41, 5.74) is 4.07. The summed E-state index contributed by atoms with van der Waals surface area (Å²) in [4.78, 5) is 10.7. The van der Waals surface area contributed by atoms with Crippen LogP contribution < -0.4 is 5.32 Å². The van der Waals surface area contributed by atoms with Gasteiger partial charge in [-0.1, -0.05) is 34.1 Å². The second-order valence-electron chi connectivity index (χ2n) is 4.23. The van der Waals surface area contributed by atoms with Gasteiger partial charge in [-0.2, -0.15) is 0 Å². The molecule has 0 saturated carbocycles. The van der Waals surface area contributed by atoms with Gasteiger partial charge in [-0.05, 0) is 42.3 Å². The Morgan fingerprint density at radius 3 is 2.78 bits per heavy atom. The van der Waals surface area contributed by atoms with E-state index in [9.17, 15) is 4.79 Å². The van der Waals surface area contributed by atoms with Gasteiger partial charge in [0, 0.05) is 22.3 Å². The number of carbonyl (C=O) groups excluding carboxylic acids is 1. The normalized spacial score (nSPS) is 10.1. The van der Waals surface area contributed by atoms with Gasteiger partial charge in [-0.3, -0.25) is 4.79 Å². The summed E-state index contributed by atoms with van der Waals surface area (Å²) in [6.07, 6.45) is 0.868. The fourth-order valence-corrected chi connectivity index (χ4v) is 2.43. The van der Waals surface area contributed by atoms with Crippen LogP contribution in [0, 0.1) is 6.92 Å². The third-order valence-electron chi connectivity index (χ3n) is 2.63. The lowest BCUT2D eigenvalue weighted by molar-refractivity contribution is 0.112. The summed E-state index contributed by atoms with van der Waals surface area (Å²) in [5.74, 6) is 0. The summed E-state index contributed by atoms with van der Waals surface area (Å²) in [6, 6.07) is 13.8. The van der Waals surface area contributed by atoms with E-state index in [0.717, 1.165) is 22.0 Å². The van der Waals surface area contributed by atoms with E-state index < -0.39 is 0 Å². The minimum atomic E-state index is 0.706. The van der Waals surface area contributed by atoms with Crippen LogP contribution in [0.15, 0.2) is 46.9 Å². The van der Waals surface area contributed by atoms with E-state index in [-0.39, 0.29) is 0 Å². The average Bonchev–Trinajstić information content (AvgIpc) is 2.35. The van der Waals surface area contributed by atoms with Crippen molar-refractivity contribution in [3.8, 4) is 0 Å². The van der Waals surface area contributed by atoms with Crippen molar-refractivity contribution in [2.45, 2.75) is 13.5 Å². The molecule has 2 nitrogen and oxygen atoms in total. The molecule has 0 radical (unpaired) electrons. The molecule has 92 valence electrons. The minimum Gasteiger partial charge on any atom is -0.381 e. The summed E-state index contributed by atoms with van der Waals surface area (Å²) in [7, 11) is 0. The Labute approximate surface area is 115 Å². The highest BCUT2D eigenvalue weighted by Crippen LogP contribution is 2.19. The van der Waals surface area contributed by atoms with E-state index in [1.807, 2.05) is 24.3 Å². The Kier molecular flexibility index (Phi) is 4.15. The van der Waals surface area contributed by atoms with Crippen LogP contribution in [0.25, 0.3) is 0 Å². The van der Waals surface area contributed by atoms with Crippen molar-refractivity contribution in [3.05, 3.63) is 63.6 Å². The number of aldehydes is 1. The highest BCUT2D eigenvalue weighted by atomic mass is 79.9. The smallest absolute Gasteiger partial charge is 0.150 e. The molecule has 0 amide bonds. The quantitative estimate of drug-likeness (QED) is 0.858. The fraction of sp³-hybridized carbons (Fsp3) is 0.133. The average molecular weight is 304 g/mol. The standard InChI is InChI=1S/C15H14BrNO/c1-11-5-14(16)8-15(6-11)17-9-12-3-2-4-13(7-12)10-18/h2-8,10,17H,9H2,1H3. The second kappa shape index (κ2) is 5.83. The van der Waals surface area contributed by atoms with Gasteiger partial charge >= 0.3 is 0 Å². The number of benzene rings is 2. The molecule has 2 rings (SSSR count). The van der Waals surface area contributed by atoms with Crippen molar-refractivity contribution >= 4 is 27.9 Å². The number of halogens is 1. The zero-order valence-corrected chi connectivity index (χ0v) is 11.7. The largest absolute Gasteiger partial charge is 0.381 e. The van der Waals surface area contributed by atoms with E-state index in [2.05, 4.69) is 40.3 Å². The van der Waals surface area contributed by atoms with Gasteiger partial charge in [0.05, 0.1) is 0 Å². The number of nitrogens with one attached hydrogen (secondary N) is 1. The van der Waals surface area contributed by atoms with Gasteiger partial charge in [-0.25, -0.2) is 0 Å². The van der Waals surface area contributed by atoms with Gasteiger partial charge in [0.25, 0.3) is 0 Å². The van der Waals surface area contributed by atoms with Crippen molar-refractivity contribution < 1.29 is 4.79 Å². The molecule has 0 heterocycles. The maximum Gasteiger partial charge on any atom is 0.150 e. The zero-order chi connectivity index (χ0) is 13.0. The molecule has 0 aliphatic heterocycles. The van der Waals surface area contributed by atoms with Gasteiger partial charge < -0.3 is 5.32 Å². The van der Waals surface area contributed by atoms with Crippen molar-refractivity contribution in [2.75, 3.05) is 5.32 Å². The molecule has 0 atom stereocenters. The highest BCUT2D eigenvalue weighted by molar-refractivity contribution is 9.10. The van der Waals surface area contributed by atoms with Crippen LogP contribution in [-0.4, -0.2) is 6.29 Å². The van der Waals surface area contributed by atoms with Crippen LogP contribution >= 0.6 is 15.9 Å². The van der Waals surface area contributed by atoms with E-state index in [0.29, 0.717) is 12.1 Å². The lowest BCUT2D eigenvalue weighted by atomic mass is 10.1. The number of rotatable bonds is 4. The first-order valence-corrected chi connectivity index (χ1v) is 6.52. The molecule has 0 aromatic heterocycles. The first-order chi connectivity index (χ1) is 8.67. The Balaban J connectivity index is 2.08. The van der Waals surface area contributed by atoms with Crippen LogP contribution in [0.5, 0.6) is 0 Å². The second-order valence-corrected chi connectivity index (χ2v) is 5.15. The molecule has 0 spiro atoms. The van der Waals surface area contributed by atoms with Gasteiger partial charge in [0.1, 0.15) is 6.29 Å². The Morgan fingerprint density at radius 2 is 2.06 bits per heavy atom. The molecule has 0 bridgehead atoms. The topological polar surface area (TPSA) is 29.1 Å². The molecular weight excluding hydrogens is 290 g/mol. The monoisotopic (exact) mass is 303 g/mol. The third kappa shape index (κ3) is 3.44. The summed E-state index contributed by atoms with van der Waals surface area (Å²) >= 11 is 3.48. The van der Waals surface area contributed by atoms with E-state index in [1.54, 1.807) is 6.07 Å². The number of carbonyl (C=O) groups is 1. The SMILES string of the molecule is Cc1cc(Br)cc(NCc2cccc(C=O)c2)c1. The molecule has 18 heavy (non-hydrogen) atoms. The van der Waals surface area contributed by atoms with Crippen molar-refractivity contribution in [1.82, 2.24) is 0 Å². The lowest BCUT2D eigenvalue weighted by Crippen LogP contribution is -2.00. The number of anilines is 1. The molecule has 2 aromatic rings. The van der Waals surface area contributed by atoms with E-state index >= 15 is 0 Å². The zero-order valence-electron chi connectivity index (χ0n) is 10.1. The molecule has 3 heteroatoms. The summed E-state index contributed by atoms with van der Waals surface area (Å²) in [5, 5.41) is 3.35. The predicted octanol–water partition coefficient (Wildman–Crippen LogP) is 4.18. The van der Waals surface area contributed by atoms with E-state index in [1.165, 1.54) is 5.56 Å². The first kappa shape index (κ1) is 12.8. The van der Waals surface area contributed by atoms with Gasteiger partial charge in [0.2, 0.25) is 0 Å². The maximum atomic E-state index is 10.7. The molecule has 2 aromatic carbocycles. The predicted molar refractivity (Wildman–Crippen MR) is 78.0 cm³/mol. The molecule has 0 saturated heterocycles. The first-order valence-electron chi connectivity index (χ1n) is 5.72. The Bertz CT molecular complexity index is 546. The number of aryl methyl sites for hydroxylation is 1. The van der Waals surface area contributed by atoms with Crippen LogP contribution in [0.1, 0.15) is 21.5 Å². The fourth-order valence-electron chi connectivity index (χ4n) is 1.82. The Hall–Kier alpha value is -1.61. The summed E-state index contributed by atoms with van der Waals surface area (Å²) < 4.78 is 1.06. The molecule has 0 aliphatic carbocycles. The maximum absolute atomic E-state index is 10.7. The van der Waals surface area contributed by atoms with Crippen LogP contribution in [-0.2, 0) is 6.54 Å². The van der Waals surface area contributed by atoms with Crippen molar-refractivity contribution in [1.29, 1.82) is 0 Å². The summed E-state index contributed by atoms with van der Waals surface area (Å²) in [6.45, 7) is 2.76. The number of hydrogen-bond acceptors (Lipinski definition) is 2. The third-order valence-corrected chi connectivity index (χ3v) is 3.08. The molecular formula is C15H14BrNO. The van der Waals surface area contributed by atoms with Crippen LogP contribution in [0.2, 0.25) is 0 Å². The van der Waals surface area contributed by atoms with Crippen LogP contribution in [0.4, 0.5) is 5.69 Å². The lowest BCUT2D eigenvalue weighted by Gasteiger charge is -2.08. The minimum absolute atomic E-state index is 0.706.